The summed E-state index contributed by atoms with van der Waals surface area (Å²) < 4.78 is 5.10. The Bertz CT molecular complexity index is 248. The van der Waals surface area contributed by atoms with E-state index in [4.69, 9.17) is 27.9 Å². The maximum atomic E-state index is 5.73. The average molecular weight is 191 g/mol. The van der Waals surface area contributed by atoms with Crippen LogP contribution in [0.2, 0.25) is 5.02 Å². The topological polar surface area (TPSA) is 9.23 Å². The fourth-order valence-corrected chi connectivity index (χ4v) is 1.07. The van der Waals surface area contributed by atoms with Gasteiger partial charge in [-0.2, -0.15) is 0 Å². The summed E-state index contributed by atoms with van der Waals surface area (Å²) in [6.45, 7) is 1.94. The molecule has 0 amide bonds. The van der Waals surface area contributed by atoms with E-state index in [-0.39, 0.29) is 6.07 Å². The number of benzene rings is 1. The molecule has 11 heavy (non-hydrogen) atoms. The summed E-state index contributed by atoms with van der Waals surface area (Å²) in [6.07, 6.45) is 0. The summed E-state index contributed by atoms with van der Waals surface area (Å²) in [4.78, 5) is 0. The monoisotopic (exact) mass is 190 g/mol. The van der Waals surface area contributed by atoms with Crippen LogP contribution < -0.4 is 4.74 Å². The van der Waals surface area contributed by atoms with E-state index in [2.05, 4.69) is 0 Å². The highest BCUT2D eigenvalue weighted by atomic mass is 35.5. The van der Waals surface area contributed by atoms with Gasteiger partial charge < -0.3 is 4.74 Å². The molecule has 0 atom stereocenters. The number of aryl methyl sites for hydroxylation is 1. The lowest BCUT2D eigenvalue weighted by Crippen LogP contribution is -1.91. The second-order valence-corrected chi connectivity index (χ2v) is 2.82. The smallest absolute Gasteiger partial charge is 0.162 e. The molecule has 0 heterocycles. The number of rotatable bonds is 2. The molecular weight excluding hydrogens is 183 g/mol. The Labute approximate surface area is 75.9 Å². The van der Waals surface area contributed by atoms with Gasteiger partial charge in [0.05, 0.1) is 0 Å². The number of ether oxygens (including phenoxy) is 1. The second-order valence-electron chi connectivity index (χ2n) is 2.16. The Morgan fingerprint density at radius 3 is 2.82 bits per heavy atom. The summed E-state index contributed by atoms with van der Waals surface area (Å²) in [6, 6.07) is 5.61. The zero-order chi connectivity index (χ0) is 8.27. The average Bonchev–Trinajstić information content (AvgIpc) is 1.98. The SMILES string of the molecule is Cc1ccc(Cl)cc1OCCl. The first kappa shape index (κ1) is 8.69. The van der Waals surface area contributed by atoms with Gasteiger partial charge in [0.25, 0.3) is 0 Å². The van der Waals surface area contributed by atoms with Crippen molar-refractivity contribution in [2.24, 2.45) is 0 Å². The van der Waals surface area contributed by atoms with Crippen LogP contribution in [0.1, 0.15) is 5.56 Å². The van der Waals surface area contributed by atoms with Crippen LogP contribution in [0.4, 0.5) is 0 Å². The standard InChI is InChI=1S/C8H8Cl2O/c1-6-2-3-7(10)4-8(6)11-5-9/h2-4H,5H2,1H3. The lowest BCUT2D eigenvalue weighted by atomic mass is 10.2. The highest BCUT2D eigenvalue weighted by Gasteiger charge is 1.98. The van der Waals surface area contributed by atoms with Crippen molar-refractivity contribution in [2.75, 3.05) is 6.07 Å². The molecular formula is C8H8Cl2O. The third-order valence-electron chi connectivity index (χ3n) is 1.36. The maximum absolute atomic E-state index is 5.73. The number of hydrogen-bond donors (Lipinski definition) is 0. The molecule has 0 unspecified atom stereocenters. The summed E-state index contributed by atoms with van der Waals surface area (Å²) in [5.74, 6) is 0.743. The van der Waals surface area contributed by atoms with Gasteiger partial charge in [-0.3, -0.25) is 0 Å². The molecule has 0 radical (unpaired) electrons. The van der Waals surface area contributed by atoms with E-state index in [1.807, 2.05) is 19.1 Å². The Kier molecular flexibility index (Phi) is 3.03. The first-order valence-electron chi connectivity index (χ1n) is 3.19. The van der Waals surface area contributed by atoms with Gasteiger partial charge in [0.15, 0.2) is 6.07 Å². The van der Waals surface area contributed by atoms with Gasteiger partial charge >= 0.3 is 0 Å². The van der Waals surface area contributed by atoms with Crippen LogP contribution >= 0.6 is 23.2 Å². The van der Waals surface area contributed by atoms with Crippen molar-refractivity contribution in [2.45, 2.75) is 6.92 Å². The second kappa shape index (κ2) is 3.84. The molecule has 60 valence electrons. The van der Waals surface area contributed by atoms with Crippen LogP contribution in [-0.4, -0.2) is 6.07 Å². The van der Waals surface area contributed by atoms with Gasteiger partial charge in [0.1, 0.15) is 5.75 Å². The molecule has 0 aliphatic carbocycles. The van der Waals surface area contributed by atoms with Crippen molar-refractivity contribution in [3.05, 3.63) is 28.8 Å². The van der Waals surface area contributed by atoms with Gasteiger partial charge in [-0.1, -0.05) is 29.3 Å². The molecule has 0 aromatic heterocycles. The molecule has 0 saturated heterocycles. The Morgan fingerprint density at radius 1 is 1.45 bits per heavy atom. The normalized spacial score (nSPS) is 9.73. The van der Waals surface area contributed by atoms with Gasteiger partial charge in [-0.05, 0) is 24.6 Å². The molecule has 0 aliphatic rings. The highest BCUT2D eigenvalue weighted by Crippen LogP contribution is 2.22. The molecule has 0 saturated carbocycles. The lowest BCUT2D eigenvalue weighted by molar-refractivity contribution is 0.385. The summed E-state index contributed by atoms with van der Waals surface area (Å²) in [5.41, 5.74) is 1.04. The zero-order valence-electron chi connectivity index (χ0n) is 6.10. The van der Waals surface area contributed by atoms with Crippen molar-refractivity contribution in [1.82, 2.24) is 0 Å². The summed E-state index contributed by atoms with van der Waals surface area (Å²) in [7, 11) is 0. The van der Waals surface area contributed by atoms with Gasteiger partial charge in [-0.25, -0.2) is 0 Å². The van der Waals surface area contributed by atoms with Crippen molar-refractivity contribution in [3.8, 4) is 5.75 Å². The minimum absolute atomic E-state index is 0.154. The Morgan fingerprint density at radius 2 is 2.18 bits per heavy atom. The van der Waals surface area contributed by atoms with Crippen LogP contribution in [0.25, 0.3) is 0 Å². The molecule has 1 aromatic carbocycles. The minimum Gasteiger partial charge on any atom is -0.478 e. The molecule has 1 rings (SSSR count). The van der Waals surface area contributed by atoms with Gasteiger partial charge in [-0.15, -0.1) is 0 Å². The molecule has 0 N–H and O–H groups in total. The maximum Gasteiger partial charge on any atom is 0.162 e. The molecule has 1 aromatic rings. The van der Waals surface area contributed by atoms with E-state index < -0.39 is 0 Å². The van der Waals surface area contributed by atoms with Gasteiger partial charge in [0.2, 0.25) is 0 Å². The lowest BCUT2D eigenvalue weighted by Gasteiger charge is -2.04. The molecule has 1 nitrogen and oxygen atoms in total. The van der Waals surface area contributed by atoms with Crippen LogP contribution in [0, 0.1) is 6.92 Å². The highest BCUT2D eigenvalue weighted by molar-refractivity contribution is 6.30. The molecule has 0 fully saturated rings. The predicted molar refractivity (Wildman–Crippen MR) is 47.5 cm³/mol. The van der Waals surface area contributed by atoms with Gasteiger partial charge in [0, 0.05) is 5.02 Å². The van der Waals surface area contributed by atoms with Crippen molar-refractivity contribution in [1.29, 1.82) is 0 Å². The third kappa shape index (κ3) is 2.28. The van der Waals surface area contributed by atoms with E-state index in [9.17, 15) is 0 Å². The Hall–Kier alpha value is -0.400. The van der Waals surface area contributed by atoms with Crippen LogP contribution in [0.3, 0.4) is 0 Å². The van der Waals surface area contributed by atoms with Crippen molar-refractivity contribution < 1.29 is 4.74 Å². The fourth-order valence-electron chi connectivity index (χ4n) is 0.788. The van der Waals surface area contributed by atoms with Crippen LogP contribution in [-0.2, 0) is 0 Å². The van der Waals surface area contributed by atoms with E-state index >= 15 is 0 Å². The molecule has 0 aliphatic heterocycles. The van der Waals surface area contributed by atoms with E-state index in [0.717, 1.165) is 11.3 Å². The quantitative estimate of drug-likeness (QED) is 0.652. The summed E-state index contributed by atoms with van der Waals surface area (Å²) >= 11 is 11.1. The number of halogens is 2. The van der Waals surface area contributed by atoms with Crippen LogP contribution in [0.5, 0.6) is 5.75 Å². The van der Waals surface area contributed by atoms with Crippen LogP contribution in [0.15, 0.2) is 18.2 Å². The molecule has 0 bridgehead atoms. The van der Waals surface area contributed by atoms with Crippen molar-refractivity contribution in [3.63, 3.8) is 0 Å². The van der Waals surface area contributed by atoms with E-state index in [0.29, 0.717) is 5.02 Å². The fraction of sp³-hybridized carbons (Fsp3) is 0.250. The molecule has 3 heteroatoms. The largest absolute Gasteiger partial charge is 0.478 e. The predicted octanol–water partition coefficient (Wildman–Crippen LogP) is 3.22. The molecule has 0 spiro atoms. The van der Waals surface area contributed by atoms with Crippen molar-refractivity contribution >= 4 is 23.2 Å². The summed E-state index contributed by atoms with van der Waals surface area (Å²) in [5, 5.41) is 0.663. The first-order valence-corrected chi connectivity index (χ1v) is 4.10. The Balaban J connectivity index is 2.93. The number of alkyl halides is 1. The first-order chi connectivity index (χ1) is 5.24. The minimum atomic E-state index is 0.154. The zero-order valence-corrected chi connectivity index (χ0v) is 7.62. The van der Waals surface area contributed by atoms with E-state index in [1.54, 1.807) is 6.07 Å². The number of hydrogen-bond acceptors (Lipinski definition) is 1. The third-order valence-corrected chi connectivity index (χ3v) is 1.70. The van der Waals surface area contributed by atoms with E-state index in [1.165, 1.54) is 0 Å².